The van der Waals surface area contributed by atoms with Crippen LogP contribution in [-0.4, -0.2) is 27.4 Å². The van der Waals surface area contributed by atoms with Gasteiger partial charge in [-0.15, -0.1) is 16.4 Å². The van der Waals surface area contributed by atoms with E-state index >= 15 is 0 Å². The molecule has 0 radical (unpaired) electrons. The van der Waals surface area contributed by atoms with Gasteiger partial charge in [-0.1, -0.05) is 11.2 Å². The number of aryl methyl sites for hydroxylation is 2. The monoisotopic (exact) mass is 334 g/mol. The lowest BCUT2D eigenvalue weighted by Gasteiger charge is -2.03. The van der Waals surface area contributed by atoms with E-state index in [0.717, 1.165) is 4.88 Å². The minimum absolute atomic E-state index is 0.211. The number of aromatic nitrogens is 3. The molecule has 0 aliphatic heterocycles. The highest BCUT2D eigenvalue weighted by molar-refractivity contribution is 7.13. The van der Waals surface area contributed by atoms with Crippen molar-refractivity contribution in [1.82, 2.24) is 20.3 Å². The van der Waals surface area contributed by atoms with Crippen molar-refractivity contribution < 1.29 is 13.7 Å². The van der Waals surface area contributed by atoms with Gasteiger partial charge in [-0.25, -0.2) is 4.79 Å². The molecule has 0 aromatic carbocycles. The number of carbonyl (C=O) groups is 1. The molecule has 1 N–H and O–H groups in total. The third kappa shape index (κ3) is 3.09. The van der Waals surface area contributed by atoms with Crippen molar-refractivity contribution >= 4 is 17.2 Å². The molecule has 0 unspecified atom stereocenters. The third-order valence-electron chi connectivity index (χ3n) is 3.21. The molecule has 23 heavy (non-hydrogen) atoms. The Kier molecular flexibility index (Phi) is 4.11. The Hall–Kier alpha value is -2.68. The lowest BCUT2D eigenvalue weighted by molar-refractivity contribution is 0.0949. The molecule has 0 atom stereocenters. The quantitative estimate of drug-likeness (QED) is 0.760. The molecule has 8 nitrogen and oxygen atoms in total. The molecule has 0 fully saturated rings. The van der Waals surface area contributed by atoms with Crippen molar-refractivity contribution in [3.8, 4) is 10.8 Å². The summed E-state index contributed by atoms with van der Waals surface area (Å²) in [6, 6.07) is 3.67. The minimum atomic E-state index is -0.556. The second kappa shape index (κ2) is 6.21. The highest BCUT2D eigenvalue weighted by Crippen LogP contribution is 2.20. The van der Waals surface area contributed by atoms with Crippen LogP contribution in [0.2, 0.25) is 0 Å². The second-order valence-corrected chi connectivity index (χ2v) is 5.78. The summed E-state index contributed by atoms with van der Waals surface area (Å²) in [4.78, 5) is 24.6. The van der Waals surface area contributed by atoms with Crippen LogP contribution in [-0.2, 0) is 6.54 Å². The van der Waals surface area contributed by atoms with Gasteiger partial charge in [0, 0.05) is 6.54 Å². The van der Waals surface area contributed by atoms with E-state index in [1.165, 1.54) is 16.0 Å². The van der Waals surface area contributed by atoms with Gasteiger partial charge in [0.05, 0.1) is 17.1 Å². The molecule has 9 heteroatoms. The molecule has 3 heterocycles. The van der Waals surface area contributed by atoms with Gasteiger partial charge in [-0.05, 0) is 25.3 Å². The van der Waals surface area contributed by atoms with Crippen molar-refractivity contribution in [1.29, 1.82) is 0 Å². The summed E-state index contributed by atoms with van der Waals surface area (Å²) in [5.74, 6) is -0.114. The van der Waals surface area contributed by atoms with Crippen LogP contribution in [0, 0.1) is 13.8 Å². The van der Waals surface area contributed by atoms with Gasteiger partial charge in [0.25, 0.3) is 11.8 Å². The summed E-state index contributed by atoms with van der Waals surface area (Å²) in [5.41, 5.74) is 0.940. The molecule has 0 spiro atoms. The highest BCUT2D eigenvalue weighted by Gasteiger charge is 2.17. The van der Waals surface area contributed by atoms with Crippen molar-refractivity contribution in [3.05, 3.63) is 45.1 Å². The number of thiophene rings is 1. The van der Waals surface area contributed by atoms with Crippen LogP contribution in [0.1, 0.15) is 21.8 Å². The van der Waals surface area contributed by atoms with Crippen LogP contribution >= 0.6 is 11.3 Å². The lowest BCUT2D eigenvalue weighted by atomic mass is 10.2. The van der Waals surface area contributed by atoms with Crippen molar-refractivity contribution in [3.63, 3.8) is 0 Å². The Morgan fingerprint density at radius 3 is 2.91 bits per heavy atom. The third-order valence-corrected chi connectivity index (χ3v) is 4.07. The van der Waals surface area contributed by atoms with Gasteiger partial charge in [0.15, 0.2) is 0 Å². The van der Waals surface area contributed by atoms with Crippen molar-refractivity contribution in [2.75, 3.05) is 6.54 Å². The summed E-state index contributed by atoms with van der Waals surface area (Å²) in [5, 5.41) is 12.4. The normalized spacial score (nSPS) is 10.9. The van der Waals surface area contributed by atoms with Gasteiger partial charge in [-0.3, -0.25) is 4.79 Å². The molecule has 3 aromatic rings. The summed E-state index contributed by atoms with van der Waals surface area (Å²) in [6.45, 7) is 3.81. The van der Waals surface area contributed by atoms with Crippen LogP contribution in [0.4, 0.5) is 0 Å². The van der Waals surface area contributed by atoms with Gasteiger partial charge < -0.3 is 14.3 Å². The molecule has 1 amide bonds. The van der Waals surface area contributed by atoms with Gasteiger partial charge in [0.2, 0.25) is 0 Å². The fourth-order valence-electron chi connectivity index (χ4n) is 2.12. The minimum Gasteiger partial charge on any atom is -0.387 e. The maximum absolute atomic E-state index is 12.1. The Labute approximate surface area is 134 Å². The number of hydrogen-bond acceptors (Lipinski definition) is 7. The smallest absolute Gasteiger partial charge is 0.387 e. The summed E-state index contributed by atoms with van der Waals surface area (Å²) < 4.78 is 11.2. The molecular weight excluding hydrogens is 320 g/mol. The Morgan fingerprint density at radius 1 is 1.43 bits per heavy atom. The standard InChI is InChI=1S/C14H14N4O4S/c1-8-11(9(2)22-17-8)12(19)15-5-6-18-14(20)21-13(16-18)10-4-3-7-23-10/h3-4,7H,5-6H2,1-2H3,(H,15,19). The predicted octanol–water partition coefficient (Wildman–Crippen LogP) is 1.60. The second-order valence-electron chi connectivity index (χ2n) is 4.83. The number of nitrogens with one attached hydrogen (secondary N) is 1. The summed E-state index contributed by atoms with van der Waals surface area (Å²) in [6.07, 6.45) is 0. The van der Waals surface area contributed by atoms with E-state index in [2.05, 4.69) is 15.6 Å². The molecule has 120 valence electrons. The van der Waals surface area contributed by atoms with E-state index in [1.807, 2.05) is 17.5 Å². The Morgan fingerprint density at radius 2 is 2.26 bits per heavy atom. The van der Waals surface area contributed by atoms with E-state index in [1.54, 1.807) is 13.8 Å². The maximum atomic E-state index is 12.1. The number of nitrogens with zero attached hydrogens (tertiary/aromatic N) is 3. The fourth-order valence-corrected chi connectivity index (χ4v) is 2.76. The molecule has 0 saturated heterocycles. The first-order valence-corrected chi connectivity index (χ1v) is 7.77. The van der Waals surface area contributed by atoms with Crippen molar-refractivity contribution in [2.45, 2.75) is 20.4 Å². The first kappa shape index (κ1) is 15.2. The fraction of sp³-hybridized carbons (Fsp3) is 0.286. The summed E-state index contributed by atoms with van der Waals surface area (Å²) in [7, 11) is 0. The first-order chi connectivity index (χ1) is 11.1. The van der Waals surface area contributed by atoms with Crippen LogP contribution in [0.5, 0.6) is 0 Å². The van der Waals surface area contributed by atoms with Crippen LogP contribution in [0.15, 0.2) is 31.2 Å². The Balaban J connectivity index is 1.63. The number of amides is 1. The van der Waals surface area contributed by atoms with E-state index in [9.17, 15) is 9.59 Å². The van der Waals surface area contributed by atoms with E-state index in [0.29, 0.717) is 17.0 Å². The molecule has 0 bridgehead atoms. The molecule has 0 saturated carbocycles. The zero-order valence-corrected chi connectivity index (χ0v) is 13.3. The van der Waals surface area contributed by atoms with E-state index in [4.69, 9.17) is 8.94 Å². The first-order valence-electron chi connectivity index (χ1n) is 6.89. The largest absolute Gasteiger partial charge is 0.437 e. The molecule has 0 aliphatic rings. The Bertz CT molecular complexity index is 856. The zero-order valence-electron chi connectivity index (χ0n) is 12.5. The number of hydrogen-bond donors (Lipinski definition) is 1. The SMILES string of the molecule is Cc1noc(C)c1C(=O)NCCn1nc(-c2cccs2)oc1=O. The topological polar surface area (TPSA) is 103 Å². The summed E-state index contributed by atoms with van der Waals surface area (Å²) >= 11 is 1.43. The van der Waals surface area contributed by atoms with E-state index in [-0.39, 0.29) is 24.9 Å². The number of rotatable bonds is 5. The lowest BCUT2D eigenvalue weighted by Crippen LogP contribution is -2.30. The van der Waals surface area contributed by atoms with Crippen LogP contribution < -0.4 is 11.1 Å². The number of carbonyl (C=O) groups excluding carboxylic acids is 1. The van der Waals surface area contributed by atoms with Crippen LogP contribution in [0.25, 0.3) is 10.8 Å². The molecule has 3 rings (SSSR count). The molecular formula is C14H14N4O4S. The average molecular weight is 334 g/mol. The van der Waals surface area contributed by atoms with Gasteiger partial charge in [0.1, 0.15) is 11.3 Å². The molecule has 3 aromatic heterocycles. The van der Waals surface area contributed by atoms with Crippen LogP contribution in [0.3, 0.4) is 0 Å². The molecule has 0 aliphatic carbocycles. The average Bonchev–Trinajstić information content (AvgIpc) is 3.21. The predicted molar refractivity (Wildman–Crippen MR) is 82.4 cm³/mol. The highest BCUT2D eigenvalue weighted by atomic mass is 32.1. The maximum Gasteiger partial charge on any atom is 0.437 e. The van der Waals surface area contributed by atoms with E-state index < -0.39 is 5.76 Å². The zero-order chi connectivity index (χ0) is 16.4. The van der Waals surface area contributed by atoms with Crippen molar-refractivity contribution in [2.24, 2.45) is 0 Å². The van der Waals surface area contributed by atoms with Gasteiger partial charge >= 0.3 is 5.76 Å². The van der Waals surface area contributed by atoms with Gasteiger partial charge in [-0.2, -0.15) is 4.68 Å².